The van der Waals surface area contributed by atoms with Gasteiger partial charge in [-0.25, -0.2) is 15.0 Å². The van der Waals surface area contributed by atoms with Crippen LogP contribution in [0.3, 0.4) is 0 Å². The molecule has 0 unspecified atom stereocenters. The summed E-state index contributed by atoms with van der Waals surface area (Å²) in [6.45, 7) is 4.76. The molecule has 0 radical (unpaired) electrons. The van der Waals surface area contributed by atoms with Crippen molar-refractivity contribution in [2.75, 3.05) is 58.5 Å². The average molecular weight is 433 g/mol. The van der Waals surface area contributed by atoms with E-state index in [0.717, 1.165) is 72.9 Å². The molecule has 0 aliphatic carbocycles. The lowest BCUT2D eigenvalue weighted by Crippen LogP contribution is -2.37. The third-order valence-electron chi connectivity index (χ3n) is 5.67. The second-order valence-electron chi connectivity index (χ2n) is 8.25. The summed E-state index contributed by atoms with van der Waals surface area (Å²) in [7, 11) is 4.13. The van der Waals surface area contributed by atoms with Crippen LogP contribution in [0.1, 0.15) is 6.42 Å². The Morgan fingerprint density at radius 3 is 2.66 bits per heavy atom. The van der Waals surface area contributed by atoms with E-state index in [9.17, 15) is 0 Å². The highest BCUT2D eigenvalue weighted by atomic mass is 16.5. The van der Waals surface area contributed by atoms with Gasteiger partial charge in [-0.1, -0.05) is 0 Å². The molecule has 0 spiro atoms. The van der Waals surface area contributed by atoms with E-state index in [1.54, 1.807) is 0 Å². The van der Waals surface area contributed by atoms with Crippen LogP contribution in [0, 0.1) is 0 Å². The van der Waals surface area contributed by atoms with Crippen LogP contribution in [0.5, 0.6) is 5.88 Å². The normalized spacial score (nSPS) is 14.5. The Hall–Kier alpha value is -3.23. The van der Waals surface area contributed by atoms with E-state index in [-0.39, 0.29) is 0 Å². The Morgan fingerprint density at radius 2 is 1.88 bits per heavy atom. The minimum atomic E-state index is 0.653. The lowest BCUT2D eigenvalue weighted by Gasteiger charge is -2.28. The van der Waals surface area contributed by atoms with E-state index in [4.69, 9.17) is 19.4 Å². The summed E-state index contributed by atoms with van der Waals surface area (Å²) >= 11 is 0. The lowest BCUT2D eigenvalue weighted by atomic mass is 10.1. The SMILES string of the molecule is CN(C)CCCOc1ccc(-c2ccc3nc4ccnc(N5CCOCC5)c4n3c2)cn1. The fourth-order valence-electron chi connectivity index (χ4n) is 4.01. The van der Waals surface area contributed by atoms with Gasteiger partial charge in [-0.2, -0.15) is 0 Å². The van der Waals surface area contributed by atoms with Gasteiger partial charge in [0.25, 0.3) is 0 Å². The summed E-state index contributed by atoms with van der Waals surface area (Å²) in [5.74, 6) is 1.61. The summed E-state index contributed by atoms with van der Waals surface area (Å²) in [6.07, 6.45) is 6.79. The smallest absolute Gasteiger partial charge is 0.213 e. The first-order chi connectivity index (χ1) is 15.7. The van der Waals surface area contributed by atoms with Crippen LogP contribution in [0.15, 0.2) is 48.9 Å². The van der Waals surface area contributed by atoms with Crippen molar-refractivity contribution in [1.29, 1.82) is 0 Å². The number of nitrogens with zero attached hydrogens (tertiary/aromatic N) is 6. The number of aromatic nitrogens is 4. The van der Waals surface area contributed by atoms with E-state index < -0.39 is 0 Å². The largest absolute Gasteiger partial charge is 0.478 e. The maximum atomic E-state index is 5.77. The number of fused-ring (bicyclic) bond motifs is 3. The minimum absolute atomic E-state index is 0.653. The van der Waals surface area contributed by atoms with Gasteiger partial charge in [-0.15, -0.1) is 0 Å². The van der Waals surface area contributed by atoms with Crippen molar-refractivity contribution in [3.8, 4) is 17.0 Å². The van der Waals surface area contributed by atoms with Gasteiger partial charge in [0.1, 0.15) is 11.2 Å². The van der Waals surface area contributed by atoms with Crippen molar-refractivity contribution in [2.45, 2.75) is 6.42 Å². The van der Waals surface area contributed by atoms with Crippen LogP contribution in [0.25, 0.3) is 27.8 Å². The summed E-state index contributed by atoms with van der Waals surface area (Å²) in [5.41, 5.74) is 4.98. The van der Waals surface area contributed by atoms with Crippen LogP contribution >= 0.6 is 0 Å². The molecule has 0 atom stereocenters. The third-order valence-corrected chi connectivity index (χ3v) is 5.67. The number of morpholine rings is 1. The van der Waals surface area contributed by atoms with Crippen molar-refractivity contribution in [2.24, 2.45) is 0 Å². The molecule has 5 heterocycles. The Balaban J connectivity index is 1.43. The fraction of sp³-hybridized carbons (Fsp3) is 0.375. The second kappa shape index (κ2) is 9.10. The monoisotopic (exact) mass is 432 g/mol. The molecule has 1 saturated heterocycles. The maximum Gasteiger partial charge on any atom is 0.213 e. The van der Waals surface area contributed by atoms with E-state index >= 15 is 0 Å². The molecule has 5 rings (SSSR count). The molecule has 0 bridgehead atoms. The number of rotatable bonds is 7. The number of ether oxygens (including phenoxy) is 2. The van der Waals surface area contributed by atoms with Crippen molar-refractivity contribution >= 4 is 22.5 Å². The van der Waals surface area contributed by atoms with Crippen molar-refractivity contribution in [1.82, 2.24) is 24.3 Å². The zero-order valence-corrected chi connectivity index (χ0v) is 18.6. The number of imidazole rings is 1. The van der Waals surface area contributed by atoms with Crippen LogP contribution < -0.4 is 9.64 Å². The molecular formula is C24H28N6O2. The minimum Gasteiger partial charge on any atom is -0.478 e. The molecule has 0 aromatic carbocycles. The lowest BCUT2D eigenvalue weighted by molar-refractivity contribution is 0.122. The first-order valence-corrected chi connectivity index (χ1v) is 11.0. The van der Waals surface area contributed by atoms with Gasteiger partial charge in [-0.05, 0) is 44.8 Å². The summed E-state index contributed by atoms with van der Waals surface area (Å²) in [6, 6.07) is 10.1. The Morgan fingerprint density at radius 1 is 1.03 bits per heavy atom. The molecule has 0 N–H and O–H groups in total. The molecule has 8 nitrogen and oxygen atoms in total. The first kappa shape index (κ1) is 20.7. The molecule has 0 saturated carbocycles. The number of hydrogen-bond acceptors (Lipinski definition) is 7. The zero-order chi connectivity index (χ0) is 21.9. The van der Waals surface area contributed by atoms with Crippen molar-refractivity contribution in [3.63, 3.8) is 0 Å². The predicted octanol–water partition coefficient (Wildman–Crippen LogP) is 3.11. The van der Waals surface area contributed by atoms with Gasteiger partial charge >= 0.3 is 0 Å². The molecule has 4 aromatic rings. The van der Waals surface area contributed by atoms with Gasteiger partial charge < -0.3 is 19.3 Å². The molecule has 1 aliphatic rings. The summed E-state index contributed by atoms with van der Waals surface area (Å²) < 4.78 is 13.4. The summed E-state index contributed by atoms with van der Waals surface area (Å²) in [4.78, 5) is 18.4. The highest BCUT2D eigenvalue weighted by Crippen LogP contribution is 2.29. The topological polar surface area (TPSA) is 68.0 Å². The second-order valence-corrected chi connectivity index (χ2v) is 8.25. The average Bonchev–Trinajstić information content (AvgIpc) is 3.21. The predicted molar refractivity (Wildman–Crippen MR) is 125 cm³/mol. The molecule has 8 heteroatoms. The standard InChI is InChI=1S/C24H28N6O2/c1-28(2)10-3-13-32-22-7-5-18(16-26-22)19-4-6-21-27-20-8-9-25-24(23(20)30(21)17-19)29-11-14-31-15-12-29/h4-9,16-17H,3,10-15H2,1-2H3. The van der Waals surface area contributed by atoms with Crippen LogP contribution in [0.2, 0.25) is 0 Å². The van der Waals surface area contributed by atoms with Crippen molar-refractivity contribution < 1.29 is 9.47 Å². The van der Waals surface area contributed by atoms with E-state index in [1.165, 1.54) is 0 Å². The third kappa shape index (κ3) is 4.24. The van der Waals surface area contributed by atoms with Gasteiger partial charge in [0, 0.05) is 55.4 Å². The molecule has 4 aromatic heterocycles. The van der Waals surface area contributed by atoms with Gasteiger partial charge in [0.15, 0.2) is 5.82 Å². The van der Waals surface area contributed by atoms with Crippen LogP contribution in [-0.2, 0) is 4.74 Å². The molecule has 32 heavy (non-hydrogen) atoms. The summed E-state index contributed by atoms with van der Waals surface area (Å²) in [5, 5.41) is 0. The van der Waals surface area contributed by atoms with E-state index in [0.29, 0.717) is 12.5 Å². The molecule has 166 valence electrons. The molecule has 0 amide bonds. The highest BCUT2D eigenvalue weighted by molar-refractivity contribution is 5.90. The Labute approximate surface area is 187 Å². The highest BCUT2D eigenvalue weighted by Gasteiger charge is 2.18. The number of anilines is 1. The fourth-order valence-corrected chi connectivity index (χ4v) is 4.01. The quantitative estimate of drug-likeness (QED) is 0.416. The van der Waals surface area contributed by atoms with Gasteiger partial charge in [0.05, 0.1) is 25.3 Å². The number of hydrogen-bond donors (Lipinski definition) is 0. The van der Waals surface area contributed by atoms with Crippen LogP contribution in [-0.4, -0.2) is 77.8 Å². The molecule has 1 fully saturated rings. The molecular weight excluding hydrogens is 404 g/mol. The van der Waals surface area contributed by atoms with Gasteiger partial charge in [-0.3, -0.25) is 4.40 Å². The first-order valence-electron chi connectivity index (χ1n) is 11.0. The zero-order valence-electron chi connectivity index (χ0n) is 18.6. The van der Waals surface area contributed by atoms with Crippen LogP contribution in [0.4, 0.5) is 5.82 Å². The van der Waals surface area contributed by atoms with Crippen molar-refractivity contribution in [3.05, 3.63) is 48.9 Å². The Kier molecular flexibility index (Phi) is 5.87. The molecule has 1 aliphatic heterocycles. The van der Waals surface area contributed by atoms with E-state index in [1.807, 2.05) is 30.6 Å². The maximum absolute atomic E-state index is 5.77. The number of pyridine rings is 3. The Bertz CT molecular complexity index is 1200. The van der Waals surface area contributed by atoms with Gasteiger partial charge in [0.2, 0.25) is 5.88 Å². The van der Waals surface area contributed by atoms with E-state index in [2.05, 4.69) is 51.6 Å².